The van der Waals surface area contributed by atoms with Crippen molar-refractivity contribution in [2.75, 3.05) is 25.0 Å². The highest BCUT2D eigenvalue weighted by Gasteiger charge is 2.28. The Labute approximate surface area is 92.6 Å². The minimum atomic E-state index is -2.87. The maximum Gasteiger partial charge on any atom is 0.277 e. The number of nitrogens with two attached hydrogens (primary N) is 1. The van der Waals surface area contributed by atoms with E-state index < -0.39 is 19.0 Å². The van der Waals surface area contributed by atoms with Crippen LogP contribution in [0.15, 0.2) is 24.3 Å². The van der Waals surface area contributed by atoms with Crippen LogP contribution < -0.4 is 10.6 Å². The highest BCUT2D eigenvalue weighted by molar-refractivity contribution is 6.30. The lowest BCUT2D eigenvalue weighted by atomic mass is 10.2. The van der Waals surface area contributed by atoms with Crippen LogP contribution in [0.3, 0.4) is 0 Å². The van der Waals surface area contributed by atoms with Crippen LogP contribution in [0.5, 0.6) is 0 Å². The molecule has 84 valence electrons. The van der Waals surface area contributed by atoms with Gasteiger partial charge in [-0.05, 0) is 24.3 Å². The molecule has 0 fully saturated rings. The highest BCUT2D eigenvalue weighted by Crippen LogP contribution is 2.20. The van der Waals surface area contributed by atoms with Crippen LogP contribution in [0, 0.1) is 0 Å². The maximum atomic E-state index is 13.0. The monoisotopic (exact) mass is 234 g/mol. The molecule has 1 rings (SSSR count). The zero-order chi connectivity index (χ0) is 11.5. The number of anilines is 1. The first-order chi connectivity index (χ1) is 6.94. The van der Waals surface area contributed by atoms with Gasteiger partial charge in [-0.2, -0.15) is 0 Å². The van der Waals surface area contributed by atoms with Crippen LogP contribution in [-0.4, -0.2) is 26.1 Å². The zero-order valence-corrected chi connectivity index (χ0v) is 9.14. The van der Waals surface area contributed by atoms with E-state index in [0.29, 0.717) is 10.7 Å². The van der Waals surface area contributed by atoms with Gasteiger partial charge in [0.25, 0.3) is 5.92 Å². The number of halogens is 3. The predicted octanol–water partition coefficient (Wildman–Crippen LogP) is 2.37. The fourth-order valence-corrected chi connectivity index (χ4v) is 1.32. The van der Waals surface area contributed by atoms with Gasteiger partial charge in [0.05, 0.1) is 13.1 Å². The molecule has 0 heterocycles. The Morgan fingerprint density at radius 3 is 2.33 bits per heavy atom. The standard InChI is InChI=1S/C10H13ClF2N2/c1-15(7-10(12,13)6-14)9-4-2-8(11)3-5-9/h2-5H,6-7,14H2,1H3. The van der Waals surface area contributed by atoms with Crippen molar-refractivity contribution in [2.24, 2.45) is 5.73 Å². The molecule has 1 aromatic carbocycles. The van der Waals surface area contributed by atoms with Gasteiger partial charge in [-0.25, -0.2) is 8.78 Å². The van der Waals surface area contributed by atoms with Crippen molar-refractivity contribution in [3.63, 3.8) is 0 Å². The first-order valence-corrected chi connectivity index (χ1v) is 4.87. The molecule has 0 aliphatic rings. The van der Waals surface area contributed by atoms with Gasteiger partial charge in [0.2, 0.25) is 0 Å². The maximum absolute atomic E-state index is 13.0. The van der Waals surface area contributed by atoms with Crippen molar-refractivity contribution in [2.45, 2.75) is 5.92 Å². The normalized spacial score (nSPS) is 11.5. The second-order valence-corrected chi connectivity index (χ2v) is 3.83. The smallest absolute Gasteiger partial charge is 0.277 e. The molecule has 0 atom stereocenters. The van der Waals surface area contributed by atoms with Gasteiger partial charge < -0.3 is 10.6 Å². The molecule has 0 saturated heterocycles. The topological polar surface area (TPSA) is 29.3 Å². The molecule has 5 heteroatoms. The predicted molar refractivity (Wildman–Crippen MR) is 58.7 cm³/mol. The summed E-state index contributed by atoms with van der Waals surface area (Å²) in [4.78, 5) is 1.45. The molecule has 0 aliphatic heterocycles. The van der Waals surface area contributed by atoms with Gasteiger partial charge in [0.15, 0.2) is 0 Å². The lowest BCUT2D eigenvalue weighted by Crippen LogP contribution is -2.40. The Morgan fingerprint density at radius 2 is 1.87 bits per heavy atom. The van der Waals surface area contributed by atoms with Crippen molar-refractivity contribution in [3.8, 4) is 0 Å². The number of hydrogen-bond acceptors (Lipinski definition) is 2. The first-order valence-electron chi connectivity index (χ1n) is 4.49. The number of benzene rings is 1. The summed E-state index contributed by atoms with van der Waals surface area (Å²) in [6.07, 6.45) is 0. The Hall–Kier alpha value is -0.870. The van der Waals surface area contributed by atoms with Gasteiger partial charge in [-0.15, -0.1) is 0 Å². The second-order valence-electron chi connectivity index (χ2n) is 3.39. The summed E-state index contributed by atoms with van der Waals surface area (Å²) >= 11 is 5.69. The van der Waals surface area contributed by atoms with Gasteiger partial charge in [-0.1, -0.05) is 11.6 Å². The average molecular weight is 235 g/mol. The molecule has 0 bridgehead atoms. The van der Waals surface area contributed by atoms with Gasteiger partial charge in [-0.3, -0.25) is 0 Å². The molecule has 0 unspecified atom stereocenters. The minimum Gasteiger partial charge on any atom is -0.369 e. The molecular weight excluding hydrogens is 222 g/mol. The molecule has 1 aromatic rings. The molecule has 0 aliphatic carbocycles. The summed E-state index contributed by atoms with van der Waals surface area (Å²) in [7, 11) is 1.59. The highest BCUT2D eigenvalue weighted by atomic mass is 35.5. The third kappa shape index (κ3) is 3.64. The number of hydrogen-bond donors (Lipinski definition) is 1. The fraction of sp³-hybridized carbons (Fsp3) is 0.400. The van der Waals surface area contributed by atoms with Crippen molar-refractivity contribution in [3.05, 3.63) is 29.3 Å². The summed E-state index contributed by atoms with van der Waals surface area (Å²) in [6, 6.07) is 6.70. The fourth-order valence-electron chi connectivity index (χ4n) is 1.20. The van der Waals surface area contributed by atoms with E-state index >= 15 is 0 Å². The molecule has 15 heavy (non-hydrogen) atoms. The SMILES string of the molecule is CN(CC(F)(F)CN)c1ccc(Cl)cc1. The van der Waals surface area contributed by atoms with E-state index in [9.17, 15) is 8.78 Å². The summed E-state index contributed by atoms with van der Waals surface area (Å²) in [5.74, 6) is -2.87. The third-order valence-corrected chi connectivity index (χ3v) is 2.29. The zero-order valence-electron chi connectivity index (χ0n) is 8.38. The van der Waals surface area contributed by atoms with Crippen LogP contribution in [0.25, 0.3) is 0 Å². The Balaban J connectivity index is 2.69. The van der Waals surface area contributed by atoms with E-state index in [1.165, 1.54) is 4.90 Å². The van der Waals surface area contributed by atoms with Crippen molar-refractivity contribution in [1.29, 1.82) is 0 Å². The van der Waals surface area contributed by atoms with E-state index in [2.05, 4.69) is 0 Å². The van der Waals surface area contributed by atoms with Crippen molar-refractivity contribution in [1.82, 2.24) is 0 Å². The van der Waals surface area contributed by atoms with Crippen LogP contribution >= 0.6 is 11.6 Å². The molecule has 2 N–H and O–H groups in total. The van der Waals surface area contributed by atoms with E-state index in [0.717, 1.165) is 0 Å². The van der Waals surface area contributed by atoms with E-state index in [1.807, 2.05) is 0 Å². The molecule has 0 radical (unpaired) electrons. The number of nitrogens with zero attached hydrogens (tertiary/aromatic N) is 1. The van der Waals surface area contributed by atoms with Gasteiger partial charge in [0, 0.05) is 17.8 Å². The molecular formula is C10H13ClF2N2. The lowest BCUT2D eigenvalue weighted by Gasteiger charge is -2.24. The minimum absolute atomic E-state index is 0.398. The van der Waals surface area contributed by atoms with Crippen LogP contribution in [-0.2, 0) is 0 Å². The Morgan fingerprint density at radius 1 is 1.33 bits per heavy atom. The average Bonchev–Trinajstić information content (AvgIpc) is 2.18. The molecule has 2 nitrogen and oxygen atoms in total. The largest absolute Gasteiger partial charge is 0.369 e. The lowest BCUT2D eigenvalue weighted by molar-refractivity contribution is 0.0199. The van der Waals surface area contributed by atoms with Crippen LogP contribution in [0.1, 0.15) is 0 Å². The van der Waals surface area contributed by atoms with Crippen molar-refractivity contribution >= 4 is 17.3 Å². The van der Waals surface area contributed by atoms with E-state index in [4.69, 9.17) is 17.3 Å². The van der Waals surface area contributed by atoms with E-state index in [1.54, 1.807) is 31.3 Å². The van der Waals surface area contributed by atoms with Crippen LogP contribution in [0.2, 0.25) is 5.02 Å². The van der Waals surface area contributed by atoms with Crippen molar-refractivity contribution < 1.29 is 8.78 Å². The summed E-state index contributed by atoms with van der Waals surface area (Å²) in [5, 5.41) is 0.581. The van der Waals surface area contributed by atoms with Crippen LogP contribution in [0.4, 0.5) is 14.5 Å². The quantitative estimate of drug-likeness (QED) is 0.867. The Bertz CT molecular complexity index is 314. The van der Waals surface area contributed by atoms with Gasteiger partial charge in [0.1, 0.15) is 0 Å². The summed E-state index contributed by atoms with van der Waals surface area (Å²) in [6.45, 7) is -1.05. The molecule has 0 saturated carbocycles. The van der Waals surface area contributed by atoms with Gasteiger partial charge >= 0.3 is 0 Å². The Kier molecular flexibility index (Phi) is 3.88. The molecule has 0 spiro atoms. The summed E-state index contributed by atoms with van der Waals surface area (Å²) < 4.78 is 26.0. The molecule has 0 amide bonds. The summed E-state index contributed by atoms with van der Waals surface area (Å²) in [5.41, 5.74) is 5.65. The second kappa shape index (κ2) is 4.77. The first kappa shape index (κ1) is 12.2. The number of rotatable bonds is 4. The molecule has 0 aromatic heterocycles. The third-order valence-electron chi connectivity index (χ3n) is 2.03. The van der Waals surface area contributed by atoms with E-state index in [-0.39, 0.29) is 0 Å². The number of alkyl halides is 2.